The van der Waals surface area contributed by atoms with Gasteiger partial charge in [0.05, 0.1) is 5.02 Å². The molecule has 0 atom stereocenters. The van der Waals surface area contributed by atoms with Crippen molar-refractivity contribution in [1.82, 2.24) is 0 Å². The number of rotatable bonds is 1. The van der Waals surface area contributed by atoms with Gasteiger partial charge in [0.2, 0.25) is 0 Å². The molecule has 0 radical (unpaired) electrons. The van der Waals surface area contributed by atoms with Gasteiger partial charge in [0.25, 0.3) is 0 Å². The van der Waals surface area contributed by atoms with E-state index in [0.717, 1.165) is 12.1 Å². The van der Waals surface area contributed by atoms with Crippen molar-refractivity contribution in [2.24, 2.45) is 0 Å². The summed E-state index contributed by atoms with van der Waals surface area (Å²) in [6.45, 7) is 0. The Labute approximate surface area is 101 Å². The number of nitrogen functional groups attached to an aromatic ring is 1. The molecule has 0 spiro atoms. The maximum atomic E-state index is 13.7. The molecule has 0 aliphatic heterocycles. The molecule has 0 saturated heterocycles. The molecule has 17 heavy (non-hydrogen) atoms. The first-order valence-corrected chi connectivity index (χ1v) is 5.07. The van der Waals surface area contributed by atoms with Crippen LogP contribution in [0, 0.1) is 17.5 Å². The van der Waals surface area contributed by atoms with E-state index in [4.69, 9.17) is 17.3 Å². The number of benzene rings is 2. The number of hydrogen-bond donors (Lipinski definition) is 1. The summed E-state index contributed by atoms with van der Waals surface area (Å²) in [4.78, 5) is 0. The fourth-order valence-corrected chi connectivity index (χ4v) is 1.64. The van der Waals surface area contributed by atoms with Gasteiger partial charge in [-0.2, -0.15) is 0 Å². The molecule has 0 unspecified atom stereocenters. The van der Waals surface area contributed by atoms with E-state index in [-0.39, 0.29) is 10.6 Å². The van der Waals surface area contributed by atoms with Gasteiger partial charge in [0.15, 0.2) is 5.82 Å². The predicted molar refractivity (Wildman–Crippen MR) is 61.2 cm³/mol. The van der Waals surface area contributed by atoms with Gasteiger partial charge in [-0.15, -0.1) is 0 Å². The molecule has 5 heteroatoms. The second-order valence-corrected chi connectivity index (χ2v) is 3.86. The summed E-state index contributed by atoms with van der Waals surface area (Å²) in [7, 11) is 0. The molecule has 2 rings (SSSR count). The molecule has 0 aliphatic carbocycles. The molecule has 88 valence electrons. The van der Waals surface area contributed by atoms with Crippen LogP contribution in [0.2, 0.25) is 5.02 Å². The Bertz CT molecular complexity index is 584. The molecule has 0 fully saturated rings. The van der Waals surface area contributed by atoms with Crippen LogP contribution in [0.25, 0.3) is 11.1 Å². The molecule has 2 aromatic rings. The van der Waals surface area contributed by atoms with Crippen molar-refractivity contribution in [2.45, 2.75) is 0 Å². The van der Waals surface area contributed by atoms with Gasteiger partial charge < -0.3 is 5.73 Å². The lowest BCUT2D eigenvalue weighted by atomic mass is 10.0. The van der Waals surface area contributed by atoms with Crippen molar-refractivity contribution in [3.63, 3.8) is 0 Å². The van der Waals surface area contributed by atoms with Crippen LogP contribution in [0.1, 0.15) is 0 Å². The van der Waals surface area contributed by atoms with E-state index in [1.165, 1.54) is 18.2 Å². The molecular weight excluding hydrogens is 251 g/mol. The lowest BCUT2D eigenvalue weighted by Crippen LogP contribution is -1.97. The highest BCUT2D eigenvalue weighted by molar-refractivity contribution is 6.31. The van der Waals surface area contributed by atoms with Crippen LogP contribution < -0.4 is 5.73 Å². The largest absolute Gasteiger partial charge is 0.394 e. The van der Waals surface area contributed by atoms with E-state index >= 15 is 0 Å². The highest BCUT2D eigenvalue weighted by Crippen LogP contribution is 2.30. The topological polar surface area (TPSA) is 26.0 Å². The predicted octanol–water partition coefficient (Wildman–Crippen LogP) is 4.01. The van der Waals surface area contributed by atoms with Gasteiger partial charge in [-0.25, -0.2) is 13.2 Å². The molecule has 0 aromatic heterocycles. The third kappa shape index (κ3) is 2.08. The van der Waals surface area contributed by atoms with Crippen molar-refractivity contribution >= 4 is 17.3 Å². The Morgan fingerprint density at radius 1 is 0.941 bits per heavy atom. The smallest absolute Gasteiger partial charge is 0.156 e. The molecule has 0 bridgehead atoms. The standard InChI is InChI=1S/C12H7ClF3N/c13-8-5-6(1-3-9(8)14)7-2-4-10(15)12(17)11(7)16/h1-5H,17H2. The summed E-state index contributed by atoms with van der Waals surface area (Å²) < 4.78 is 39.6. The first kappa shape index (κ1) is 11.8. The van der Waals surface area contributed by atoms with E-state index < -0.39 is 23.1 Å². The fourth-order valence-electron chi connectivity index (χ4n) is 1.46. The third-order valence-electron chi connectivity index (χ3n) is 2.36. The maximum absolute atomic E-state index is 13.7. The Morgan fingerprint density at radius 3 is 2.24 bits per heavy atom. The van der Waals surface area contributed by atoms with Crippen LogP contribution in [0.3, 0.4) is 0 Å². The second-order valence-electron chi connectivity index (χ2n) is 3.45. The summed E-state index contributed by atoms with van der Waals surface area (Å²) >= 11 is 5.58. The second kappa shape index (κ2) is 4.30. The lowest BCUT2D eigenvalue weighted by Gasteiger charge is -2.07. The highest BCUT2D eigenvalue weighted by atomic mass is 35.5. The minimum Gasteiger partial charge on any atom is -0.394 e. The van der Waals surface area contributed by atoms with Crippen LogP contribution in [0.5, 0.6) is 0 Å². The fraction of sp³-hybridized carbons (Fsp3) is 0. The molecule has 0 saturated carbocycles. The van der Waals surface area contributed by atoms with Crippen molar-refractivity contribution in [1.29, 1.82) is 0 Å². The summed E-state index contributed by atoms with van der Waals surface area (Å²) in [6, 6.07) is 5.98. The van der Waals surface area contributed by atoms with E-state index in [2.05, 4.69) is 0 Å². The summed E-state index contributed by atoms with van der Waals surface area (Å²) in [5.41, 5.74) is 5.07. The normalized spacial score (nSPS) is 10.6. The van der Waals surface area contributed by atoms with Crippen LogP contribution in [0.4, 0.5) is 18.9 Å². The van der Waals surface area contributed by atoms with Gasteiger partial charge >= 0.3 is 0 Å². The van der Waals surface area contributed by atoms with Crippen molar-refractivity contribution < 1.29 is 13.2 Å². The van der Waals surface area contributed by atoms with Crippen LogP contribution in [0.15, 0.2) is 30.3 Å². The molecule has 1 nitrogen and oxygen atoms in total. The monoisotopic (exact) mass is 257 g/mol. The van der Waals surface area contributed by atoms with E-state index in [0.29, 0.717) is 5.56 Å². The van der Waals surface area contributed by atoms with Gasteiger partial charge in [-0.3, -0.25) is 0 Å². The quantitative estimate of drug-likeness (QED) is 0.768. The lowest BCUT2D eigenvalue weighted by molar-refractivity contribution is 0.594. The van der Waals surface area contributed by atoms with Crippen LogP contribution in [-0.2, 0) is 0 Å². The average molecular weight is 258 g/mol. The van der Waals surface area contributed by atoms with E-state index in [1.54, 1.807) is 0 Å². The van der Waals surface area contributed by atoms with Gasteiger partial charge in [0, 0.05) is 5.56 Å². The highest BCUT2D eigenvalue weighted by Gasteiger charge is 2.13. The molecule has 0 heterocycles. The Balaban J connectivity index is 2.61. The van der Waals surface area contributed by atoms with Crippen molar-refractivity contribution in [2.75, 3.05) is 5.73 Å². The minimum absolute atomic E-state index is 0.0748. The van der Waals surface area contributed by atoms with Crippen LogP contribution >= 0.6 is 11.6 Å². The molecule has 2 aromatic carbocycles. The van der Waals surface area contributed by atoms with Crippen molar-refractivity contribution in [3.8, 4) is 11.1 Å². The van der Waals surface area contributed by atoms with Gasteiger partial charge in [-0.05, 0) is 29.8 Å². The molecule has 2 N–H and O–H groups in total. The zero-order chi connectivity index (χ0) is 12.6. The number of hydrogen-bond acceptors (Lipinski definition) is 1. The summed E-state index contributed by atoms with van der Waals surface area (Å²) in [5, 5.41) is -0.134. The Kier molecular flexibility index (Phi) is 2.98. The zero-order valence-corrected chi connectivity index (χ0v) is 9.23. The molecular formula is C12H7ClF3N. The average Bonchev–Trinajstić information content (AvgIpc) is 2.30. The first-order chi connectivity index (χ1) is 8.00. The third-order valence-corrected chi connectivity index (χ3v) is 2.65. The minimum atomic E-state index is -0.882. The number of halogens is 4. The number of anilines is 1. The zero-order valence-electron chi connectivity index (χ0n) is 8.48. The van der Waals surface area contributed by atoms with E-state index in [9.17, 15) is 13.2 Å². The Morgan fingerprint density at radius 2 is 1.59 bits per heavy atom. The summed E-state index contributed by atoms with van der Waals surface area (Å²) in [6.07, 6.45) is 0. The molecule has 0 aliphatic rings. The molecule has 0 amide bonds. The van der Waals surface area contributed by atoms with Gasteiger partial charge in [-0.1, -0.05) is 17.7 Å². The van der Waals surface area contributed by atoms with E-state index in [1.807, 2.05) is 0 Å². The maximum Gasteiger partial charge on any atom is 0.156 e. The van der Waals surface area contributed by atoms with Crippen molar-refractivity contribution in [3.05, 3.63) is 52.8 Å². The Hall–Kier alpha value is -1.68. The SMILES string of the molecule is Nc1c(F)ccc(-c2ccc(F)c(Cl)c2)c1F. The first-order valence-electron chi connectivity index (χ1n) is 4.69. The number of nitrogens with two attached hydrogens (primary N) is 1. The van der Waals surface area contributed by atoms with Crippen LogP contribution in [-0.4, -0.2) is 0 Å². The van der Waals surface area contributed by atoms with Gasteiger partial charge in [0.1, 0.15) is 17.3 Å². The summed E-state index contributed by atoms with van der Waals surface area (Å²) in [5.74, 6) is -2.32.